The van der Waals surface area contributed by atoms with E-state index in [0.29, 0.717) is 0 Å². The molecule has 7 heteroatoms. The number of rotatable bonds is 2. The van der Waals surface area contributed by atoms with Crippen LogP contribution in [0.15, 0.2) is 17.7 Å². The molecular weight excluding hydrogens is 353 g/mol. The van der Waals surface area contributed by atoms with Crippen molar-refractivity contribution in [1.82, 2.24) is 10.6 Å². The number of carbonyl (C=O) groups is 2. The van der Waals surface area contributed by atoms with E-state index >= 15 is 0 Å². The van der Waals surface area contributed by atoms with Gasteiger partial charge < -0.3 is 4.90 Å². The van der Waals surface area contributed by atoms with Crippen LogP contribution in [0.3, 0.4) is 0 Å². The van der Waals surface area contributed by atoms with Gasteiger partial charge in [-0.1, -0.05) is 6.92 Å². The highest BCUT2D eigenvalue weighted by molar-refractivity contribution is 7.80. The maximum atomic E-state index is 14.8. The Bertz CT molecular complexity index is 825. The summed E-state index contributed by atoms with van der Waals surface area (Å²) in [5.41, 5.74) is 1.89. The lowest BCUT2D eigenvalue weighted by Crippen LogP contribution is -2.51. The van der Waals surface area contributed by atoms with Crippen molar-refractivity contribution in [3.63, 3.8) is 0 Å². The van der Waals surface area contributed by atoms with Crippen LogP contribution < -0.4 is 15.5 Å². The quantitative estimate of drug-likeness (QED) is 0.474. The molecule has 0 aliphatic carbocycles. The summed E-state index contributed by atoms with van der Waals surface area (Å²) in [6.45, 7) is 9.25. The molecule has 1 unspecified atom stereocenters. The highest BCUT2D eigenvalue weighted by atomic mass is 32.1. The molecule has 1 fully saturated rings. The van der Waals surface area contributed by atoms with E-state index in [1.807, 2.05) is 0 Å². The standard InChI is InChI=1S/C19H22FN3O2S/c1-5-23-15-8-14(20)11(6-12(15)10(2)9-19(23,3)4)7-13-16(24)21-18(26)22-17(13)25/h6-8,10H,5,9H2,1-4H3,(H2,21,22,24,25,26). The molecule has 0 radical (unpaired) electrons. The van der Waals surface area contributed by atoms with Crippen molar-refractivity contribution in [3.8, 4) is 0 Å². The third-order valence-electron chi connectivity index (χ3n) is 5.06. The zero-order chi connectivity index (χ0) is 19.2. The molecule has 2 heterocycles. The second-order valence-electron chi connectivity index (χ2n) is 7.39. The third-order valence-corrected chi connectivity index (χ3v) is 5.27. The molecule has 5 nitrogen and oxygen atoms in total. The first-order chi connectivity index (χ1) is 12.1. The van der Waals surface area contributed by atoms with Crippen molar-refractivity contribution in [2.24, 2.45) is 0 Å². The minimum absolute atomic E-state index is 0.0440. The Kier molecular flexibility index (Phi) is 4.60. The lowest BCUT2D eigenvalue weighted by Gasteiger charge is -2.47. The molecule has 1 aromatic carbocycles. The fourth-order valence-electron chi connectivity index (χ4n) is 3.99. The molecule has 1 atom stereocenters. The zero-order valence-electron chi connectivity index (χ0n) is 15.3. The minimum Gasteiger partial charge on any atom is -0.366 e. The molecule has 26 heavy (non-hydrogen) atoms. The first kappa shape index (κ1) is 18.5. The van der Waals surface area contributed by atoms with E-state index in [-0.39, 0.29) is 27.7 Å². The Labute approximate surface area is 157 Å². The summed E-state index contributed by atoms with van der Waals surface area (Å²) >= 11 is 4.78. The SMILES string of the molecule is CCN1c2cc(F)c(C=C3C(=O)NC(=S)NC3=O)cc2C(C)CC1(C)C. The molecular formula is C19H22FN3O2S. The number of halogens is 1. The van der Waals surface area contributed by atoms with Crippen molar-refractivity contribution in [2.75, 3.05) is 11.4 Å². The molecule has 0 saturated carbocycles. The number of hydrogen-bond donors (Lipinski definition) is 2. The second kappa shape index (κ2) is 6.46. The first-order valence-corrected chi connectivity index (χ1v) is 9.04. The van der Waals surface area contributed by atoms with Gasteiger partial charge in [-0.3, -0.25) is 20.2 Å². The van der Waals surface area contributed by atoms with Crippen LogP contribution in [-0.2, 0) is 9.59 Å². The number of hydrogen-bond acceptors (Lipinski definition) is 4. The number of carbonyl (C=O) groups excluding carboxylic acids is 2. The highest BCUT2D eigenvalue weighted by Gasteiger charge is 2.36. The molecule has 1 saturated heterocycles. The molecule has 0 bridgehead atoms. The van der Waals surface area contributed by atoms with E-state index in [1.54, 1.807) is 6.07 Å². The van der Waals surface area contributed by atoms with Gasteiger partial charge in [0.05, 0.1) is 0 Å². The van der Waals surface area contributed by atoms with E-state index in [1.165, 1.54) is 12.1 Å². The minimum atomic E-state index is -0.625. The monoisotopic (exact) mass is 375 g/mol. The number of amides is 2. The fourth-order valence-corrected chi connectivity index (χ4v) is 4.18. The maximum Gasteiger partial charge on any atom is 0.263 e. The van der Waals surface area contributed by atoms with Gasteiger partial charge in [0.1, 0.15) is 11.4 Å². The topological polar surface area (TPSA) is 61.4 Å². The highest BCUT2D eigenvalue weighted by Crippen LogP contribution is 2.44. The first-order valence-electron chi connectivity index (χ1n) is 8.63. The number of nitrogens with one attached hydrogen (secondary N) is 2. The zero-order valence-corrected chi connectivity index (χ0v) is 16.1. The Morgan fingerprint density at radius 3 is 2.50 bits per heavy atom. The van der Waals surface area contributed by atoms with Crippen molar-refractivity contribution in [2.45, 2.75) is 45.6 Å². The van der Waals surface area contributed by atoms with Crippen LogP contribution in [0, 0.1) is 5.82 Å². The summed E-state index contributed by atoms with van der Waals surface area (Å²) in [6, 6.07) is 3.25. The van der Waals surface area contributed by atoms with Crippen LogP contribution in [0.5, 0.6) is 0 Å². The van der Waals surface area contributed by atoms with Gasteiger partial charge in [0.2, 0.25) is 0 Å². The second-order valence-corrected chi connectivity index (χ2v) is 7.80. The summed E-state index contributed by atoms with van der Waals surface area (Å²) in [4.78, 5) is 26.2. The number of benzene rings is 1. The number of nitrogens with zero attached hydrogens (tertiary/aromatic N) is 1. The summed E-state index contributed by atoms with van der Waals surface area (Å²) in [6.07, 6.45) is 2.22. The summed E-state index contributed by atoms with van der Waals surface area (Å²) in [5, 5.41) is 4.67. The summed E-state index contributed by atoms with van der Waals surface area (Å²) in [7, 11) is 0. The number of fused-ring (bicyclic) bond motifs is 1. The van der Waals surface area contributed by atoms with Crippen LogP contribution in [-0.4, -0.2) is 29.0 Å². The molecule has 138 valence electrons. The van der Waals surface area contributed by atoms with Crippen molar-refractivity contribution in [3.05, 3.63) is 34.6 Å². The van der Waals surface area contributed by atoms with Crippen LogP contribution in [0.2, 0.25) is 0 Å². The van der Waals surface area contributed by atoms with Gasteiger partial charge in [0.25, 0.3) is 11.8 Å². The van der Waals surface area contributed by atoms with Gasteiger partial charge in [0, 0.05) is 23.3 Å². The normalized spacial score (nSPS) is 21.9. The van der Waals surface area contributed by atoms with Crippen molar-refractivity contribution >= 4 is 40.9 Å². The molecule has 2 aliphatic heterocycles. The molecule has 0 spiro atoms. The van der Waals surface area contributed by atoms with Crippen molar-refractivity contribution < 1.29 is 14.0 Å². The maximum absolute atomic E-state index is 14.8. The van der Waals surface area contributed by atoms with Crippen LogP contribution in [0.1, 0.15) is 51.2 Å². The van der Waals surface area contributed by atoms with Gasteiger partial charge in [-0.25, -0.2) is 4.39 Å². The van der Waals surface area contributed by atoms with Crippen LogP contribution in [0.4, 0.5) is 10.1 Å². The molecule has 2 N–H and O–H groups in total. The molecule has 2 amide bonds. The number of anilines is 1. The van der Waals surface area contributed by atoms with Gasteiger partial charge in [0.15, 0.2) is 5.11 Å². The Balaban J connectivity index is 2.08. The average molecular weight is 375 g/mol. The molecule has 2 aliphatic rings. The predicted octanol–water partition coefficient (Wildman–Crippen LogP) is 2.85. The van der Waals surface area contributed by atoms with Gasteiger partial charge in [-0.2, -0.15) is 0 Å². The smallest absolute Gasteiger partial charge is 0.263 e. The van der Waals surface area contributed by atoms with E-state index in [4.69, 9.17) is 12.2 Å². The largest absolute Gasteiger partial charge is 0.366 e. The van der Waals surface area contributed by atoms with Crippen LogP contribution in [0.25, 0.3) is 6.08 Å². The van der Waals surface area contributed by atoms with E-state index < -0.39 is 17.6 Å². The number of thiocarbonyl (C=S) groups is 1. The lowest BCUT2D eigenvalue weighted by atomic mass is 9.79. The molecule has 0 aromatic heterocycles. The lowest BCUT2D eigenvalue weighted by molar-refractivity contribution is -0.123. The van der Waals surface area contributed by atoms with Gasteiger partial charge >= 0.3 is 0 Å². The fraction of sp³-hybridized carbons (Fsp3) is 0.421. The Morgan fingerprint density at radius 1 is 1.31 bits per heavy atom. The Hall–Kier alpha value is -2.28. The average Bonchev–Trinajstić information content (AvgIpc) is 2.51. The predicted molar refractivity (Wildman–Crippen MR) is 103 cm³/mol. The van der Waals surface area contributed by atoms with E-state index in [2.05, 4.69) is 43.2 Å². The molecule has 1 aromatic rings. The molecule has 3 rings (SSSR count). The summed E-state index contributed by atoms with van der Waals surface area (Å²) < 4.78 is 14.8. The van der Waals surface area contributed by atoms with Crippen LogP contribution >= 0.6 is 12.2 Å². The third kappa shape index (κ3) is 3.11. The summed E-state index contributed by atoms with van der Waals surface area (Å²) in [5.74, 6) is -1.48. The van der Waals surface area contributed by atoms with E-state index in [0.717, 1.165) is 24.2 Å². The van der Waals surface area contributed by atoms with Gasteiger partial charge in [-0.05, 0) is 69.1 Å². The van der Waals surface area contributed by atoms with Crippen molar-refractivity contribution in [1.29, 1.82) is 0 Å². The Morgan fingerprint density at radius 2 is 1.92 bits per heavy atom. The van der Waals surface area contributed by atoms with Gasteiger partial charge in [-0.15, -0.1) is 0 Å². The van der Waals surface area contributed by atoms with E-state index in [9.17, 15) is 14.0 Å².